The van der Waals surface area contributed by atoms with E-state index in [0.29, 0.717) is 31.2 Å². The highest BCUT2D eigenvalue weighted by Gasteiger charge is 2.23. The third-order valence-electron chi connectivity index (χ3n) is 4.18. The fourth-order valence-electron chi connectivity index (χ4n) is 2.66. The molecule has 166 valence electrons. The van der Waals surface area contributed by atoms with Crippen molar-refractivity contribution in [1.82, 2.24) is 16.0 Å². The molecule has 4 N–H and O–H groups in total. The summed E-state index contributed by atoms with van der Waals surface area (Å²) in [6.07, 6.45) is 0. The molecule has 1 aromatic carbocycles. The number of nitrogens with one attached hydrogen (secondary N) is 3. The van der Waals surface area contributed by atoms with Gasteiger partial charge in [-0.15, -0.1) is 24.0 Å². The zero-order valence-corrected chi connectivity index (χ0v) is 21.4. The molecule has 1 amide bonds. The van der Waals surface area contributed by atoms with Crippen LogP contribution >= 0.6 is 35.3 Å². The number of aliphatic imine (C=N–C) groups is 1. The Hall–Kier alpha value is -1.65. The highest BCUT2D eigenvalue weighted by molar-refractivity contribution is 14.0. The lowest BCUT2D eigenvalue weighted by atomic mass is 9.99. The lowest BCUT2D eigenvalue weighted by Gasteiger charge is -2.24. The van der Waals surface area contributed by atoms with Gasteiger partial charge in [-0.25, -0.2) is 4.99 Å². The van der Waals surface area contributed by atoms with Gasteiger partial charge >= 0.3 is 0 Å². The summed E-state index contributed by atoms with van der Waals surface area (Å²) >= 11 is 1.56. The maximum Gasteiger partial charge on any atom is 0.251 e. The maximum atomic E-state index is 12.4. The summed E-state index contributed by atoms with van der Waals surface area (Å²) in [6, 6.07) is 9.39. The third kappa shape index (κ3) is 8.61. The molecular formula is C22H33IN4O2S. The van der Waals surface area contributed by atoms with E-state index in [-0.39, 0.29) is 35.4 Å². The molecule has 0 aliphatic carbocycles. The Bertz CT molecular complexity index is 830. The van der Waals surface area contributed by atoms with Crippen molar-refractivity contribution < 1.29 is 9.90 Å². The number of thiophene rings is 1. The Morgan fingerprint density at radius 3 is 2.50 bits per heavy atom. The molecule has 6 nitrogen and oxygen atoms in total. The molecule has 0 aliphatic heterocycles. The maximum absolute atomic E-state index is 12.4. The first-order chi connectivity index (χ1) is 13.6. The van der Waals surface area contributed by atoms with Gasteiger partial charge in [-0.2, -0.15) is 11.3 Å². The van der Waals surface area contributed by atoms with E-state index in [0.717, 1.165) is 11.1 Å². The first-order valence-corrected chi connectivity index (χ1v) is 10.7. The number of benzene rings is 1. The van der Waals surface area contributed by atoms with E-state index in [1.54, 1.807) is 24.3 Å². The van der Waals surface area contributed by atoms with Gasteiger partial charge < -0.3 is 21.1 Å². The van der Waals surface area contributed by atoms with Gasteiger partial charge in [-0.1, -0.05) is 12.1 Å². The molecule has 0 spiro atoms. The second-order valence-corrected chi connectivity index (χ2v) is 9.02. The highest BCUT2D eigenvalue weighted by Crippen LogP contribution is 2.22. The molecule has 1 aromatic heterocycles. The van der Waals surface area contributed by atoms with Crippen molar-refractivity contribution in [2.45, 2.75) is 52.3 Å². The molecule has 0 saturated heterocycles. The van der Waals surface area contributed by atoms with Gasteiger partial charge in [-0.3, -0.25) is 4.79 Å². The van der Waals surface area contributed by atoms with Crippen molar-refractivity contribution >= 4 is 47.2 Å². The Morgan fingerprint density at radius 1 is 1.17 bits per heavy atom. The standard InChI is InChI=1S/C22H32N4O2S.HI/c1-6-23-20(25-15-22(5,28)18-10-11-29-14-18)24-13-16-8-7-9-17(12-16)19(27)26-21(2,3)4;/h7-12,14,28H,6,13,15H2,1-5H3,(H,26,27)(H2,23,24,25);1H. The van der Waals surface area contributed by atoms with Crippen LogP contribution in [-0.4, -0.2) is 35.6 Å². The molecule has 30 heavy (non-hydrogen) atoms. The predicted molar refractivity (Wildman–Crippen MR) is 136 cm³/mol. The van der Waals surface area contributed by atoms with Gasteiger partial charge in [0.1, 0.15) is 5.60 Å². The Morgan fingerprint density at radius 2 is 1.90 bits per heavy atom. The number of hydrogen-bond acceptors (Lipinski definition) is 4. The molecule has 2 rings (SSSR count). The number of nitrogens with zero attached hydrogens (tertiary/aromatic N) is 1. The normalized spacial score (nSPS) is 13.7. The Labute approximate surface area is 200 Å². The van der Waals surface area contributed by atoms with Crippen LogP contribution < -0.4 is 16.0 Å². The lowest BCUT2D eigenvalue weighted by molar-refractivity contribution is 0.0621. The minimum absolute atomic E-state index is 0. The average Bonchev–Trinajstić information content (AvgIpc) is 3.19. The third-order valence-corrected chi connectivity index (χ3v) is 4.87. The van der Waals surface area contributed by atoms with E-state index in [1.807, 2.05) is 62.7 Å². The monoisotopic (exact) mass is 544 g/mol. The van der Waals surface area contributed by atoms with Crippen LogP contribution in [0.1, 0.15) is 56.1 Å². The van der Waals surface area contributed by atoms with Crippen molar-refractivity contribution in [3.8, 4) is 0 Å². The molecule has 1 heterocycles. The van der Waals surface area contributed by atoms with Gasteiger partial charge in [0.05, 0.1) is 13.1 Å². The molecule has 2 aromatic rings. The first-order valence-electron chi connectivity index (χ1n) is 9.79. The minimum Gasteiger partial charge on any atom is -0.384 e. The molecule has 0 radical (unpaired) electrons. The summed E-state index contributed by atoms with van der Waals surface area (Å²) in [5.74, 6) is 0.521. The summed E-state index contributed by atoms with van der Waals surface area (Å²) in [6.45, 7) is 11.1. The van der Waals surface area contributed by atoms with Crippen molar-refractivity contribution in [3.05, 3.63) is 57.8 Å². The minimum atomic E-state index is -0.985. The largest absolute Gasteiger partial charge is 0.384 e. The van der Waals surface area contributed by atoms with Gasteiger partial charge in [-0.05, 0) is 74.7 Å². The summed E-state index contributed by atoms with van der Waals surface area (Å²) in [4.78, 5) is 17.0. The van der Waals surface area contributed by atoms with Crippen LogP contribution in [0.15, 0.2) is 46.1 Å². The molecule has 0 fully saturated rings. The molecule has 0 aliphatic rings. The Kier molecular flexibility index (Phi) is 10.3. The number of carbonyl (C=O) groups is 1. The zero-order valence-electron chi connectivity index (χ0n) is 18.3. The van der Waals surface area contributed by atoms with Crippen molar-refractivity contribution in [2.24, 2.45) is 4.99 Å². The molecule has 1 unspecified atom stereocenters. The molecular weight excluding hydrogens is 511 g/mol. The molecule has 0 bridgehead atoms. The van der Waals surface area contributed by atoms with E-state index < -0.39 is 5.60 Å². The van der Waals surface area contributed by atoms with Gasteiger partial charge in [0.2, 0.25) is 0 Å². The van der Waals surface area contributed by atoms with Crippen LogP contribution in [0.4, 0.5) is 0 Å². The van der Waals surface area contributed by atoms with E-state index in [2.05, 4.69) is 20.9 Å². The van der Waals surface area contributed by atoms with Crippen LogP contribution in [0.5, 0.6) is 0 Å². The number of amides is 1. The molecule has 1 atom stereocenters. The van der Waals surface area contributed by atoms with Crippen molar-refractivity contribution in [1.29, 1.82) is 0 Å². The van der Waals surface area contributed by atoms with Crippen LogP contribution in [0.3, 0.4) is 0 Å². The van der Waals surface area contributed by atoms with Crippen molar-refractivity contribution in [3.63, 3.8) is 0 Å². The topological polar surface area (TPSA) is 85.8 Å². The summed E-state index contributed by atoms with van der Waals surface area (Å²) in [5, 5.41) is 23.9. The van der Waals surface area contributed by atoms with Crippen LogP contribution in [-0.2, 0) is 12.1 Å². The molecule has 8 heteroatoms. The zero-order chi connectivity index (χ0) is 21.5. The number of aliphatic hydroxyl groups is 1. The van der Waals surface area contributed by atoms with Crippen LogP contribution in [0.2, 0.25) is 0 Å². The predicted octanol–water partition coefficient (Wildman–Crippen LogP) is 3.86. The fraction of sp³-hybridized carbons (Fsp3) is 0.455. The number of rotatable bonds is 7. The average molecular weight is 545 g/mol. The van der Waals surface area contributed by atoms with E-state index in [1.165, 1.54) is 0 Å². The summed E-state index contributed by atoms with van der Waals surface area (Å²) in [5.41, 5.74) is 1.16. The number of halogens is 1. The van der Waals surface area contributed by atoms with Gasteiger partial charge in [0.25, 0.3) is 5.91 Å². The second-order valence-electron chi connectivity index (χ2n) is 8.24. The SMILES string of the molecule is CCNC(=NCc1cccc(C(=O)NC(C)(C)C)c1)NCC(C)(O)c1ccsc1.I. The van der Waals surface area contributed by atoms with Crippen LogP contribution in [0, 0.1) is 0 Å². The number of carbonyl (C=O) groups excluding carboxylic acids is 1. The van der Waals surface area contributed by atoms with E-state index in [9.17, 15) is 9.90 Å². The van der Waals surface area contributed by atoms with Crippen LogP contribution in [0.25, 0.3) is 0 Å². The highest BCUT2D eigenvalue weighted by atomic mass is 127. The smallest absolute Gasteiger partial charge is 0.251 e. The molecule has 0 saturated carbocycles. The van der Waals surface area contributed by atoms with E-state index in [4.69, 9.17) is 0 Å². The Balaban J connectivity index is 0.00000450. The quantitative estimate of drug-likeness (QED) is 0.242. The van der Waals surface area contributed by atoms with Crippen molar-refractivity contribution in [2.75, 3.05) is 13.1 Å². The first kappa shape index (κ1) is 26.4. The van der Waals surface area contributed by atoms with Gasteiger partial charge in [0.15, 0.2) is 5.96 Å². The fourth-order valence-corrected chi connectivity index (χ4v) is 3.45. The number of guanidine groups is 1. The van der Waals surface area contributed by atoms with Gasteiger partial charge in [0, 0.05) is 17.6 Å². The number of hydrogen-bond donors (Lipinski definition) is 4. The summed E-state index contributed by atoms with van der Waals surface area (Å²) < 4.78 is 0. The van der Waals surface area contributed by atoms with E-state index >= 15 is 0 Å². The second kappa shape index (κ2) is 11.7. The summed E-state index contributed by atoms with van der Waals surface area (Å²) in [7, 11) is 0. The lowest BCUT2D eigenvalue weighted by Crippen LogP contribution is -2.44.